The number of piperidine rings is 1. The van der Waals surface area contributed by atoms with Crippen LogP contribution in [0.5, 0.6) is 0 Å². The molecule has 14 heavy (non-hydrogen) atoms. The number of nitrogens with zero attached hydrogens (tertiary/aromatic N) is 2. The number of aliphatic hydroxyl groups is 1. The van der Waals surface area contributed by atoms with Crippen molar-refractivity contribution in [2.24, 2.45) is 0 Å². The lowest BCUT2D eigenvalue weighted by Gasteiger charge is -2.31. The maximum atomic E-state index is 9.39. The molecule has 0 aliphatic carbocycles. The molecule has 0 bridgehead atoms. The van der Waals surface area contributed by atoms with Crippen molar-refractivity contribution < 1.29 is 5.11 Å². The lowest BCUT2D eigenvalue weighted by Crippen LogP contribution is -2.35. The molecule has 0 aromatic carbocycles. The van der Waals surface area contributed by atoms with Crippen molar-refractivity contribution in [2.75, 3.05) is 18.0 Å². The third-order valence-corrected chi connectivity index (χ3v) is 2.71. The van der Waals surface area contributed by atoms with Gasteiger partial charge in [0.2, 0.25) is 0 Å². The summed E-state index contributed by atoms with van der Waals surface area (Å²) in [7, 11) is 0. The fraction of sp³-hybridized carbons (Fsp3) is 0.545. The van der Waals surface area contributed by atoms with E-state index in [9.17, 15) is 5.11 Å². The number of pyridine rings is 1. The summed E-state index contributed by atoms with van der Waals surface area (Å²) in [6, 6.07) is 4.13. The number of hydrogen-bond acceptors (Lipinski definition) is 3. The van der Waals surface area contributed by atoms with Crippen LogP contribution in [-0.2, 0) is 0 Å². The molecule has 1 aliphatic rings. The predicted molar refractivity (Wildman–Crippen MR) is 56.4 cm³/mol. The van der Waals surface area contributed by atoms with Gasteiger partial charge in [0.15, 0.2) is 0 Å². The Balaban J connectivity index is 2.08. The van der Waals surface area contributed by atoms with Crippen molar-refractivity contribution in [1.82, 2.24) is 4.98 Å². The molecule has 3 nitrogen and oxygen atoms in total. The maximum absolute atomic E-state index is 9.39. The van der Waals surface area contributed by atoms with E-state index < -0.39 is 0 Å². The van der Waals surface area contributed by atoms with Crippen molar-refractivity contribution in [3.63, 3.8) is 0 Å². The predicted octanol–water partition coefficient (Wildman–Crippen LogP) is 1.35. The van der Waals surface area contributed by atoms with Gasteiger partial charge >= 0.3 is 0 Å². The zero-order valence-corrected chi connectivity index (χ0v) is 8.48. The molecule has 1 aromatic heterocycles. The lowest BCUT2D eigenvalue weighted by atomic mass is 10.1. The van der Waals surface area contributed by atoms with Crippen LogP contribution in [0.4, 0.5) is 5.69 Å². The number of anilines is 1. The summed E-state index contributed by atoms with van der Waals surface area (Å²) in [6.07, 6.45) is 3.49. The molecule has 2 heterocycles. The van der Waals surface area contributed by atoms with Crippen LogP contribution in [0.3, 0.4) is 0 Å². The number of aromatic nitrogens is 1. The fourth-order valence-corrected chi connectivity index (χ4v) is 1.85. The zero-order valence-electron chi connectivity index (χ0n) is 8.48. The van der Waals surface area contributed by atoms with Crippen LogP contribution < -0.4 is 4.90 Å². The first-order valence-corrected chi connectivity index (χ1v) is 5.11. The van der Waals surface area contributed by atoms with Crippen LogP contribution in [-0.4, -0.2) is 29.3 Å². The normalized spacial score (nSPS) is 18.6. The molecule has 1 saturated heterocycles. The van der Waals surface area contributed by atoms with Crippen molar-refractivity contribution in [2.45, 2.75) is 25.9 Å². The van der Waals surface area contributed by atoms with Crippen molar-refractivity contribution >= 4 is 5.69 Å². The Labute approximate surface area is 84.4 Å². The van der Waals surface area contributed by atoms with Gasteiger partial charge in [-0.3, -0.25) is 4.98 Å². The standard InChI is InChI=1S/C11H16N2O/c1-9-8-10(2-5-12-9)13-6-3-11(14)4-7-13/h2,5,8,11,14H,3-4,6-7H2,1H3. The smallest absolute Gasteiger partial charge is 0.0574 e. The third-order valence-electron chi connectivity index (χ3n) is 2.71. The molecule has 0 unspecified atom stereocenters. The molecule has 0 saturated carbocycles. The summed E-state index contributed by atoms with van der Waals surface area (Å²) in [6.45, 7) is 3.90. The number of rotatable bonds is 1. The topological polar surface area (TPSA) is 36.4 Å². The van der Waals surface area contributed by atoms with E-state index in [0.717, 1.165) is 31.6 Å². The van der Waals surface area contributed by atoms with Gasteiger partial charge in [0, 0.05) is 30.7 Å². The molecule has 1 fully saturated rings. The molecule has 1 aromatic rings. The van der Waals surface area contributed by atoms with Gasteiger partial charge in [-0.05, 0) is 31.9 Å². The molecule has 1 N–H and O–H groups in total. The summed E-state index contributed by atoms with van der Waals surface area (Å²) in [4.78, 5) is 6.48. The second kappa shape index (κ2) is 3.96. The van der Waals surface area contributed by atoms with Crippen LogP contribution in [0, 0.1) is 6.92 Å². The fourth-order valence-electron chi connectivity index (χ4n) is 1.85. The van der Waals surface area contributed by atoms with Gasteiger partial charge in [0.25, 0.3) is 0 Å². The van der Waals surface area contributed by atoms with Crippen molar-refractivity contribution in [3.05, 3.63) is 24.0 Å². The number of aryl methyl sites for hydroxylation is 1. The van der Waals surface area contributed by atoms with Gasteiger partial charge in [0.1, 0.15) is 0 Å². The first-order valence-electron chi connectivity index (χ1n) is 5.11. The highest BCUT2D eigenvalue weighted by Gasteiger charge is 2.16. The maximum Gasteiger partial charge on any atom is 0.0574 e. The minimum atomic E-state index is -0.103. The van der Waals surface area contributed by atoms with E-state index >= 15 is 0 Å². The van der Waals surface area contributed by atoms with E-state index in [0.29, 0.717) is 0 Å². The highest BCUT2D eigenvalue weighted by Crippen LogP contribution is 2.19. The first-order chi connectivity index (χ1) is 6.75. The van der Waals surface area contributed by atoms with E-state index in [2.05, 4.69) is 16.0 Å². The monoisotopic (exact) mass is 192 g/mol. The van der Waals surface area contributed by atoms with Gasteiger partial charge in [0.05, 0.1) is 6.10 Å². The summed E-state index contributed by atoms with van der Waals surface area (Å²) in [5.41, 5.74) is 2.28. The summed E-state index contributed by atoms with van der Waals surface area (Å²) >= 11 is 0. The van der Waals surface area contributed by atoms with Crippen LogP contribution in [0.15, 0.2) is 18.3 Å². The van der Waals surface area contributed by atoms with Gasteiger partial charge in [-0.2, -0.15) is 0 Å². The third kappa shape index (κ3) is 2.04. The quantitative estimate of drug-likeness (QED) is 0.729. The van der Waals surface area contributed by atoms with E-state index in [1.54, 1.807) is 0 Å². The molecule has 1 aliphatic heterocycles. The van der Waals surface area contributed by atoms with Crippen LogP contribution in [0.25, 0.3) is 0 Å². The Morgan fingerprint density at radius 1 is 1.43 bits per heavy atom. The van der Waals surface area contributed by atoms with Crippen LogP contribution in [0.2, 0.25) is 0 Å². The Kier molecular flexibility index (Phi) is 2.68. The second-order valence-electron chi connectivity index (χ2n) is 3.87. The highest BCUT2D eigenvalue weighted by atomic mass is 16.3. The van der Waals surface area contributed by atoms with Gasteiger partial charge in [-0.25, -0.2) is 0 Å². The second-order valence-corrected chi connectivity index (χ2v) is 3.87. The van der Waals surface area contributed by atoms with E-state index in [4.69, 9.17) is 0 Å². The molecule has 3 heteroatoms. The van der Waals surface area contributed by atoms with Crippen molar-refractivity contribution in [3.8, 4) is 0 Å². The zero-order chi connectivity index (χ0) is 9.97. The minimum absolute atomic E-state index is 0.103. The molecular formula is C11H16N2O. The number of aliphatic hydroxyl groups excluding tert-OH is 1. The first kappa shape index (κ1) is 9.46. The Morgan fingerprint density at radius 3 is 2.79 bits per heavy atom. The molecule has 76 valence electrons. The molecular weight excluding hydrogens is 176 g/mol. The van der Waals surface area contributed by atoms with E-state index in [1.165, 1.54) is 5.69 Å². The highest BCUT2D eigenvalue weighted by molar-refractivity contribution is 5.46. The Bertz CT molecular complexity index is 306. The van der Waals surface area contributed by atoms with Gasteiger partial charge < -0.3 is 10.0 Å². The minimum Gasteiger partial charge on any atom is -0.393 e. The lowest BCUT2D eigenvalue weighted by molar-refractivity contribution is 0.145. The van der Waals surface area contributed by atoms with Gasteiger partial charge in [-0.1, -0.05) is 0 Å². The molecule has 0 atom stereocenters. The van der Waals surface area contributed by atoms with E-state index in [-0.39, 0.29) is 6.10 Å². The summed E-state index contributed by atoms with van der Waals surface area (Å²) < 4.78 is 0. The summed E-state index contributed by atoms with van der Waals surface area (Å²) in [5.74, 6) is 0. The van der Waals surface area contributed by atoms with Crippen LogP contribution in [0.1, 0.15) is 18.5 Å². The Morgan fingerprint density at radius 2 is 2.14 bits per heavy atom. The van der Waals surface area contributed by atoms with Crippen LogP contribution >= 0.6 is 0 Å². The Hall–Kier alpha value is -1.09. The average molecular weight is 192 g/mol. The van der Waals surface area contributed by atoms with Crippen molar-refractivity contribution in [1.29, 1.82) is 0 Å². The summed E-state index contributed by atoms with van der Waals surface area (Å²) in [5, 5.41) is 9.39. The van der Waals surface area contributed by atoms with Gasteiger partial charge in [-0.15, -0.1) is 0 Å². The average Bonchev–Trinajstić information content (AvgIpc) is 2.19. The largest absolute Gasteiger partial charge is 0.393 e. The SMILES string of the molecule is Cc1cc(N2CCC(O)CC2)ccn1. The van der Waals surface area contributed by atoms with E-state index in [1.807, 2.05) is 19.2 Å². The molecule has 0 amide bonds. The molecule has 2 rings (SSSR count). The number of hydrogen-bond donors (Lipinski definition) is 1. The molecule has 0 radical (unpaired) electrons. The molecule has 0 spiro atoms.